The summed E-state index contributed by atoms with van der Waals surface area (Å²) in [5.74, 6) is 0. The summed E-state index contributed by atoms with van der Waals surface area (Å²) in [4.78, 5) is 13.9. The Balaban J connectivity index is 2.02. The first-order valence-corrected chi connectivity index (χ1v) is 7.20. The lowest BCUT2D eigenvalue weighted by Crippen LogP contribution is -2.31. The van der Waals surface area contributed by atoms with E-state index in [1.54, 1.807) is 18.1 Å². The molecule has 0 aliphatic heterocycles. The van der Waals surface area contributed by atoms with E-state index in [9.17, 15) is 4.79 Å². The lowest BCUT2D eigenvalue weighted by Gasteiger charge is -2.19. The van der Waals surface area contributed by atoms with Crippen molar-refractivity contribution in [3.63, 3.8) is 0 Å². The third-order valence-electron chi connectivity index (χ3n) is 3.47. The molecular weight excluding hydrogens is 264 g/mol. The van der Waals surface area contributed by atoms with Crippen LogP contribution in [0.15, 0.2) is 30.5 Å². The third-order valence-corrected chi connectivity index (χ3v) is 3.47. The summed E-state index contributed by atoms with van der Waals surface area (Å²) in [6, 6.07) is 7.83. The Hall–Kier alpha value is -2.30. The monoisotopic (exact) mass is 286 g/mol. The van der Waals surface area contributed by atoms with Gasteiger partial charge < -0.3 is 10.2 Å². The predicted octanol–water partition coefficient (Wildman–Crippen LogP) is 3.33. The first-order valence-electron chi connectivity index (χ1n) is 7.20. The molecule has 0 spiro atoms. The van der Waals surface area contributed by atoms with E-state index in [4.69, 9.17) is 0 Å². The fourth-order valence-electron chi connectivity index (χ4n) is 2.20. The van der Waals surface area contributed by atoms with Gasteiger partial charge in [0.2, 0.25) is 0 Å². The average Bonchev–Trinajstić information content (AvgIpc) is 2.86. The highest BCUT2D eigenvalue weighted by Gasteiger charge is 2.12. The van der Waals surface area contributed by atoms with Gasteiger partial charge in [-0.3, -0.25) is 5.10 Å². The number of amides is 2. The molecule has 0 fully saturated rings. The average molecular weight is 286 g/mol. The van der Waals surface area contributed by atoms with Gasteiger partial charge in [0.25, 0.3) is 0 Å². The number of para-hydroxylation sites is 1. The van der Waals surface area contributed by atoms with Crippen molar-refractivity contribution in [2.75, 3.05) is 12.4 Å². The van der Waals surface area contributed by atoms with Gasteiger partial charge in [-0.05, 0) is 25.0 Å². The van der Waals surface area contributed by atoms with E-state index in [-0.39, 0.29) is 6.03 Å². The number of carbonyl (C=O) groups is 1. The first kappa shape index (κ1) is 15.1. The van der Waals surface area contributed by atoms with Gasteiger partial charge in [0.05, 0.1) is 12.7 Å². The number of aromatic nitrogens is 2. The van der Waals surface area contributed by atoms with Crippen LogP contribution >= 0.6 is 0 Å². The minimum absolute atomic E-state index is 0.112. The summed E-state index contributed by atoms with van der Waals surface area (Å²) >= 11 is 0. The van der Waals surface area contributed by atoms with Gasteiger partial charge in [0, 0.05) is 24.0 Å². The quantitative estimate of drug-likeness (QED) is 0.885. The molecule has 0 unspecified atom stereocenters. The highest BCUT2D eigenvalue weighted by atomic mass is 16.2. The fraction of sp³-hybridized carbons (Fsp3) is 0.375. The Morgan fingerprint density at radius 1 is 1.33 bits per heavy atom. The number of nitrogens with zero attached hydrogens (tertiary/aromatic N) is 2. The zero-order valence-corrected chi connectivity index (χ0v) is 12.8. The van der Waals surface area contributed by atoms with Crippen LogP contribution in [0.4, 0.5) is 10.5 Å². The minimum Gasteiger partial charge on any atom is -0.323 e. The first-order chi connectivity index (χ1) is 10.1. The van der Waals surface area contributed by atoms with Gasteiger partial charge in [-0.2, -0.15) is 5.10 Å². The summed E-state index contributed by atoms with van der Waals surface area (Å²) in [6.45, 7) is 4.61. The summed E-state index contributed by atoms with van der Waals surface area (Å²) in [5, 5.41) is 9.84. The van der Waals surface area contributed by atoms with Crippen LogP contribution in [0.1, 0.15) is 30.2 Å². The van der Waals surface area contributed by atoms with Crippen molar-refractivity contribution >= 4 is 11.7 Å². The highest BCUT2D eigenvalue weighted by molar-refractivity contribution is 5.90. The van der Waals surface area contributed by atoms with Crippen molar-refractivity contribution in [3.8, 4) is 0 Å². The van der Waals surface area contributed by atoms with Gasteiger partial charge in [-0.1, -0.05) is 31.5 Å². The molecular formula is C16H22N4O. The molecule has 0 saturated heterocycles. The Morgan fingerprint density at radius 2 is 2.10 bits per heavy atom. The van der Waals surface area contributed by atoms with Crippen LogP contribution in [0.5, 0.6) is 0 Å². The van der Waals surface area contributed by atoms with Crippen LogP contribution in [-0.4, -0.2) is 28.2 Å². The summed E-state index contributed by atoms with van der Waals surface area (Å²) in [7, 11) is 1.78. The Labute approximate surface area is 125 Å². The SMILES string of the molecule is CCCc1ccccc1NC(=O)N(C)Cc1cn[nH]c1C. The van der Waals surface area contributed by atoms with Crippen molar-refractivity contribution < 1.29 is 4.79 Å². The van der Waals surface area contributed by atoms with Crippen LogP contribution in [0.3, 0.4) is 0 Å². The molecule has 5 nitrogen and oxygen atoms in total. The molecule has 112 valence electrons. The molecule has 1 aromatic carbocycles. The number of aromatic amines is 1. The van der Waals surface area contributed by atoms with E-state index >= 15 is 0 Å². The number of aryl methyl sites for hydroxylation is 2. The van der Waals surface area contributed by atoms with Gasteiger partial charge in [-0.25, -0.2) is 4.79 Å². The Bertz CT molecular complexity index is 606. The summed E-state index contributed by atoms with van der Waals surface area (Å²) in [6.07, 6.45) is 3.77. The number of rotatable bonds is 5. The topological polar surface area (TPSA) is 61.0 Å². The second-order valence-electron chi connectivity index (χ2n) is 5.21. The number of hydrogen-bond donors (Lipinski definition) is 2. The number of H-pyrrole nitrogens is 1. The second-order valence-corrected chi connectivity index (χ2v) is 5.21. The number of carbonyl (C=O) groups excluding carboxylic acids is 1. The summed E-state index contributed by atoms with van der Waals surface area (Å²) < 4.78 is 0. The van der Waals surface area contributed by atoms with E-state index < -0.39 is 0 Å². The molecule has 2 amide bonds. The van der Waals surface area contributed by atoms with Crippen molar-refractivity contribution in [1.29, 1.82) is 0 Å². The molecule has 0 bridgehead atoms. The van der Waals surface area contributed by atoms with Gasteiger partial charge in [0.1, 0.15) is 0 Å². The van der Waals surface area contributed by atoms with E-state index in [1.165, 1.54) is 5.56 Å². The van der Waals surface area contributed by atoms with Crippen LogP contribution in [-0.2, 0) is 13.0 Å². The van der Waals surface area contributed by atoms with E-state index in [2.05, 4.69) is 28.5 Å². The molecule has 0 saturated carbocycles. The number of anilines is 1. The Kier molecular flexibility index (Phi) is 4.98. The number of urea groups is 1. The van der Waals surface area contributed by atoms with E-state index in [1.807, 2.05) is 25.1 Å². The summed E-state index contributed by atoms with van der Waals surface area (Å²) in [5.41, 5.74) is 4.07. The van der Waals surface area contributed by atoms with Crippen molar-refractivity contribution in [2.24, 2.45) is 0 Å². The number of hydrogen-bond acceptors (Lipinski definition) is 2. The molecule has 0 aliphatic rings. The molecule has 0 aliphatic carbocycles. The molecule has 2 N–H and O–H groups in total. The zero-order valence-electron chi connectivity index (χ0n) is 12.8. The highest BCUT2D eigenvalue weighted by Crippen LogP contribution is 2.17. The van der Waals surface area contributed by atoms with Crippen molar-refractivity contribution in [1.82, 2.24) is 15.1 Å². The molecule has 21 heavy (non-hydrogen) atoms. The van der Waals surface area contributed by atoms with Gasteiger partial charge in [0.15, 0.2) is 0 Å². The van der Waals surface area contributed by atoms with Crippen LogP contribution in [0.25, 0.3) is 0 Å². The molecule has 0 atom stereocenters. The van der Waals surface area contributed by atoms with E-state index in [0.29, 0.717) is 6.54 Å². The third kappa shape index (κ3) is 3.84. The van der Waals surface area contributed by atoms with Crippen LogP contribution in [0, 0.1) is 6.92 Å². The van der Waals surface area contributed by atoms with Crippen molar-refractivity contribution in [2.45, 2.75) is 33.2 Å². The van der Waals surface area contributed by atoms with Crippen LogP contribution in [0.2, 0.25) is 0 Å². The molecule has 2 aromatic rings. The van der Waals surface area contributed by atoms with E-state index in [0.717, 1.165) is 29.8 Å². The predicted molar refractivity (Wildman–Crippen MR) is 84.2 cm³/mol. The van der Waals surface area contributed by atoms with Crippen molar-refractivity contribution in [3.05, 3.63) is 47.3 Å². The minimum atomic E-state index is -0.112. The normalized spacial score (nSPS) is 10.4. The standard InChI is InChI=1S/C16H22N4O/c1-4-7-13-8-5-6-9-15(13)18-16(21)20(3)11-14-10-17-19-12(14)2/h5-6,8-10H,4,7,11H2,1-3H3,(H,17,19)(H,18,21). The van der Waals surface area contributed by atoms with Crippen LogP contribution < -0.4 is 5.32 Å². The largest absolute Gasteiger partial charge is 0.323 e. The molecule has 2 rings (SSSR count). The number of benzene rings is 1. The molecule has 1 aromatic heterocycles. The maximum atomic E-state index is 12.3. The lowest BCUT2D eigenvalue weighted by molar-refractivity contribution is 0.220. The lowest BCUT2D eigenvalue weighted by atomic mass is 10.1. The van der Waals surface area contributed by atoms with Gasteiger partial charge >= 0.3 is 6.03 Å². The second kappa shape index (κ2) is 6.92. The molecule has 5 heteroatoms. The smallest absolute Gasteiger partial charge is 0.321 e. The molecule has 1 heterocycles. The maximum absolute atomic E-state index is 12.3. The van der Waals surface area contributed by atoms with Gasteiger partial charge in [-0.15, -0.1) is 0 Å². The Morgan fingerprint density at radius 3 is 2.76 bits per heavy atom. The fourth-order valence-corrected chi connectivity index (χ4v) is 2.20. The molecule has 0 radical (unpaired) electrons. The number of nitrogens with one attached hydrogen (secondary N) is 2. The maximum Gasteiger partial charge on any atom is 0.321 e. The zero-order chi connectivity index (χ0) is 15.2.